The second kappa shape index (κ2) is 11.7. The number of carbonyl (C=O) groups excluding carboxylic acids is 2. The number of nitrogens with zero attached hydrogens (tertiary/aromatic N) is 3. The minimum atomic E-state index is -0.187. The number of rotatable bonds is 10. The molecule has 0 aliphatic rings. The van der Waals surface area contributed by atoms with E-state index in [0.29, 0.717) is 19.6 Å². The number of aryl methyl sites for hydroxylation is 2. The lowest BCUT2D eigenvalue weighted by atomic mass is 10.1. The second-order valence-electron chi connectivity index (χ2n) is 7.80. The lowest BCUT2D eigenvalue weighted by molar-refractivity contribution is -0.120. The van der Waals surface area contributed by atoms with Crippen LogP contribution in [-0.2, 0) is 17.8 Å². The van der Waals surface area contributed by atoms with Crippen LogP contribution in [0.3, 0.4) is 0 Å². The Morgan fingerprint density at radius 1 is 0.969 bits per heavy atom. The highest BCUT2D eigenvalue weighted by molar-refractivity contribution is 5.78. The average molecular weight is 434 g/mol. The molecule has 2 N–H and O–H groups in total. The average Bonchev–Trinajstić information content (AvgIpc) is 3.18. The van der Waals surface area contributed by atoms with Gasteiger partial charge in [0.25, 0.3) is 0 Å². The third-order valence-electron chi connectivity index (χ3n) is 5.20. The summed E-state index contributed by atoms with van der Waals surface area (Å²) in [7, 11) is 1.74. The number of hydrogen-bond donors (Lipinski definition) is 2. The third kappa shape index (κ3) is 6.97. The van der Waals surface area contributed by atoms with Crippen LogP contribution < -0.4 is 10.6 Å². The van der Waals surface area contributed by atoms with Crippen LogP contribution in [0.1, 0.15) is 29.7 Å². The van der Waals surface area contributed by atoms with Crippen LogP contribution in [0.5, 0.6) is 0 Å². The fraction of sp³-hybridized carbons (Fsp3) is 0.320. The zero-order valence-electron chi connectivity index (χ0n) is 18.8. The Morgan fingerprint density at radius 3 is 2.38 bits per heavy atom. The first kappa shape index (κ1) is 23.1. The molecule has 32 heavy (non-hydrogen) atoms. The number of urea groups is 1. The van der Waals surface area contributed by atoms with Gasteiger partial charge in [-0.25, -0.2) is 9.48 Å². The SMILES string of the molecule is Cc1nn(-c2ccccc2)cc1CCCNC(=O)CCNC(=O)N(C)Cc1ccccc1. The van der Waals surface area contributed by atoms with E-state index >= 15 is 0 Å². The molecule has 0 spiro atoms. The van der Waals surface area contributed by atoms with E-state index in [1.54, 1.807) is 11.9 Å². The van der Waals surface area contributed by atoms with Crippen molar-refractivity contribution in [3.05, 3.63) is 83.7 Å². The summed E-state index contributed by atoms with van der Waals surface area (Å²) in [4.78, 5) is 25.8. The predicted octanol–water partition coefficient (Wildman–Crippen LogP) is 3.46. The smallest absolute Gasteiger partial charge is 0.317 e. The molecular formula is C25H31N5O2. The van der Waals surface area contributed by atoms with Crippen LogP contribution in [0.25, 0.3) is 5.69 Å². The first-order valence-electron chi connectivity index (χ1n) is 10.9. The second-order valence-corrected chi connectivity index (χ2v) is 7.80. The van der Waals surface area contributed by atoms with Gasteiger partial charge in [0.15, 0.2) is 0 Å². The molecule has 0 bridgehead atoms. The van der Waals surface area contributed by atoms with Gasteiger partial charge in [-0.3, -0.25) is 4.79 Å². The summed E-state index contributed by atoms with van der Waals surface area (Å²) >= 11 is 0. The lowest BCUT2D eigenvalue weighted by Gasteiger charge is -2.18. The van der Waals surface area contributed by atoms with Gasteiger partial charge in [0.2, 0.25) is 5.91 Å². The first-order chi connectivity index (χ1) is 15.5. The highest BCUT2D eigenvalue weighted by atomic mass is 16.2. The van der Waals surface area contributed by atoms with E-state index in [0.717, 1.165) is 29.8 Å². The van der Waals surface area contributed by atoms with Crippen LogP contribution in [0.15, 0.2) is 66.9 Å². The summed E-state index contributed by atoms with van der Waals surface area (Å²) < 4.78 is 1.89. The molecule has 0 saturated heterocycles. The summed E-state index contributed by atoms with van der Waals surface area (Å²) in [6.07, 6.45) is 3.99. The fourth-order valence-corrected chi connectivity index (χ4v) is 3.40. The monoisotopic (exact) mass is 433 g/mol. The molecule has 0 atom stereocenters. The number of carbonyl (C=O) groups is 2. The fourth-order valence-electron chi connectivity index (χ4n) is 3.40. The van der Waals surface area contributed by atoms with Gasteiger partial charge in [-0.05, 0) is 43.0 Å². The Balaban J connectivity index is 1.31. The standard InChI is InChI=1S/C25H31N5O2/c1-20-22(19-30(28-20)23-13-7-4-8-14-23)12-9-16-26-24(31)15-17-27-25(32)29(2)18-21-10-5-3-6-11-21/h3-8,10-11,13-14,19H,9,12,15-18H2,1-2H3,(H,26,31)(H,27,32). The summed E-state index contributed by atoms with van der Waals surface area (Å²) in [6, 6.07) is 19.6. The van der Waals surface area contributed by atoms with Crippen molar-refractivity contribution in [2.45, 2.75) is 32.7 Å². The molecule has 3 aromatic rings. The van der Waals surface area contributed by atoms with Crippen LogP contribution >= 0.6 is 0 Å². The van der Waals surface area contributed by atoms with Gasteiger partial charge in [-0.15, -0.1) is 0 Å². The molecule has 1 aromatic heterocycles. The Kier molecular flexibility index (Phi) is 8.43. The summed E-state index contributed by atoms with van der Waals surface area (Å²) in [5.41, 5.74) is 4.28. The molecule has 0 unspecified atom stereocenters. The zero-order chi connectivity index (χ0) is 22.8. The van der Waals surface area contributed by atoms with Crippen molar-refractivity contribution in [1.29, 1.82) is 0 Å². The highest BCUT2D eigenvalue weighted by Gasteiger charge is 2.10. The maximum Gasteiger partial charge on any atom is 0.317 e. The Labute approximate surface area is 189 Å². The van der Waals surface area contributed by atoms with E-state index in [2.05, 4.69) is 15.7 Å². The quantitative estimate of drug-likeness (QED) is 0.481. The van der Waals surface area contributed by atoms with Crippen molar-refractivity contribution < 1.29 is 9.59 Å². The van der Waals surface area contributed by atoms with Crippen LogP contribution in [-0.4, -0.2) is 46.8 Å². The number of aromatic nitrogens is 2. The molecule has 7 nitrogen and oxygen atoms in total. The molecule has 7 heteroatoms. The topological polar surface area (TPSA) is 79.3 Å². The van der Waals surface area contributed by atoms with Crippen LogP contribution in [0.4, 0.5) is 4.79 Å². The molecule has 0 saturated carbocycles. The molecule has 0 fully saturated rings. The number of benzene rings is 2. The molecule has 1 heterocycles. The Morgan fingerprint density at radius 2 is 1.66 bits per heavy atom. The molecule has 3 amide bonds. The van der Waals surface area contributed by atoms with Gasteiger partial charge in [0, 0.05) is 39.3 Å². The van der Waals surface area contributed by atoms with E-state index in [4.69, 9.17) is 0 Å². The van der Waals surface area contributed by atoms with Gasteiger partial charge in [-0.2, -0.15) is 5.10 Å². The van der Waals surface area contributed by atoms with E-state index in [1.165, 1.54) is 5.56 Å². The van der Waals surface area contributed by atoms with Crippen molar-refractivity contribution in [3.63, 3.8) is 0 Å². The highest BCUT2D eigenvalue weighted by Crippen LogP contribution is 2.13. The predicted molar refractivity (Wildman–Crippen MR) is 126 cm³/mol. The van der Waals surface area contributed by atoms with Crippen molar-refractivity contribution in [3.8, 4) is 5.69 Å². The van der Waals surface area contributed by atoms with Crippen molar-refractivity contribution >= 4 is 11.9 Å². The van der Waals surface area contributed by atoms with Gasteiger partial charge < -0.3 is 15.5 Å². The molecule has 3 rings (SSSR count). The number of hydrogen-bond acceptors (Lipinski definition) is 3. The minimum absolute atomic E-state index is 0.0623. The minimum Gasteiger partial charge on any atom is -0.356 e. The van der Waals surface area contributed by atoms with E-state index < -0.39 is 0 Å². The van der Waals surface area contributed by atoms with Crippen LogP contribution in [0.2, 0.25) is 0 Å². The molecule has 0 aliphatic carbocycles. The number of amides is 3. The normalized spacial score (nSPS) is 10.6. The summed E-state index contributed by atoms with van der Waals surface area (Å²) in [6.45, 7) is 3.44. The Bertz CT molecular complexity index is 1000. The van der Waals surface area contributed by atoms with Gasteiger partial charge in [0.1, 0.15) is 0 Å². The summed E-state index contributed by atoms with van der Waals surface area (Å²) in [5, 5.41) is 10.3. The third-order valence-corrected chi connectivity index (χ3v) is 5.20. The van der Waals surface area contributed by atoms with Gasteiger partial charge >= 0.3 is 6.03 Å². The maximum atomic E-state index is 12.2. The van der Waals surface area contributed by atoms with E-state index in [1.807, 2.05) is 78.5 Å². The van der Waals surface area contributed by atoms with Gasteiger partial charge in [-0.1, -0.05) is 48.5 Å². The van der Waals surface area contributed by atoms with Crippen molar-refractivity contribution in [2.24, 2.45) is 0 Å². The molecular weight excluding hydrogens is 402 g/mol. The molecule has 2 aromatic carbocycles. The maximum absolute atomic E-state index is 12.2. The van der Waals surface area contributed by atoms with E-state index in [9.17, 15) is 9.59 Å². The molecule has 168 valence electrons. The molecule has 0 radical (unpaired) electrons. The van der Waals surface area contributed by atoms with Crippen LogP contribution in [0, 0.1) is 6.92 Å². The zero-order valence-corrected chi connectivity index (χ0v) is 18.8. The molecule has 0 aliphatic heterocycles. The summed E-state index contributed by atoms with van der Waals surface area (Å²) in [5.74, 6) is -0.0623. The number of nitrogens with one attached hydrogen (secondary N) is 2. The first-order valence-corrected chi connectivity index (χ1v) is 10.9. The lowest BCUT2D eigenvalue weighted by Crippen LogP contribution is -2.38. The largest absolute Gasteiger partial charge is 0.356 e. The van der Waals surface area contributed by atoms with Crippen molar-refractivity contribution in [2.75, 3.05) is 20.1 Å². The Hall–Kier alpha value is -3.61. The van der Waals surface area contributed by atoms with E-state index in [-0.39, 0.29) is 18.4 Å². The number of para-hydroxylation sites is 1. The van der Waals surface area contributed by atoms with Crippen molar-refractivity contribution in [1.82, 2.24) is 25.3 Å². The van der Waals surface area contributed by atoms with Gasteiger partial charge in [0.05, 0.1) is 11.4 Å².